The van der Waals surface area contributed by atoms with E-state index in [0.717, 1.165) is 11.1 Å². The Morgan fingerprint density at radius 3 is 2.23 bits per heavy atom. The van der Waals surface area contributed by atoms with E-state index < -0.39 is 16.0 Å². The molecule has 0 aliphatic rings. The Kier molecular flexibility index (Phi) is 8.08. The lowest BCUT2D eigenvalue weighted by molar-refractivity contribution is -0.136. The normalized spacial score (nSPS) is 11.8. The van der Waals surface area contributed by atoms with Crippen LogP contribution in [0.5, 0.6) is 0 Å². The summed E-state index contributed by atoms with van der Waals surface area (Å²) in [6.45, 7) is 7.75. The van der Waals surface area contributed by atoms with Crippen LogP contribution in [-0.4, -0.2) is 44.2 Å². The predicted octanol–water partition coefficient (Wildman–Crippen LogP) is 3.77. The van der Waals surface area contributed by atoms with Gasteiger partial charge >= 0.3 is 5.97 Å². The molecule has 2 rings (SSSR count). The van der Waals surface area contributed by atoms with Gasteiger partial charge in [0.05, 0.1) is 4.90 Å². The van der Waals surface area contributed by atoms with Gasteiger partial charge in [0.1, 0.15) is 0 Å². The topological polar surface area (TPSA) is 80.8 Å². The van der Waals surface area contributed by atoms with E-state index in [4.69, 9.17) is 4.74 Å². The molecule has 0 heterocycles. The van der Waals surface area contributed by atoms with E-state index in [-0.39, 0.29) is 17.3 Å². The van der Waals surface area contributed by atoms with Gasteiger partial charge in [-0.2, -0.15) is 4.31 Å². The number of hydrogen-bond acceptors (Lipinski definition) is 5. The number of rotatable bonds is 9. The standard InChI is InChI=1S/C23H27NO5S/c1-5-24(6-2)30(27,28)20-12-9-19(10-13-20)11-14-23(26)29-16-22(25)21-15-17(3)7-8-18(21)4/h7-15H,5-6,16H2,1-4H3. The van der Waals surface area contributed by atoms with Crippen LogP contribution in [0.2, 0.25) is 0 Å². The van der Waals surface area contributed by atoms with Crippen LogP contribution >= 0.6 is 0 Å². The van der Waals surface area contributed by atoms with Gasteiger partial charge in [0.25, 0.3) is 0 Å². The summed E-state index contributed by atoms with van der Waals surface area (Å²) in [5.41, 5.74) is 2.97. The molecule has 30 heavy (non-hydrogen) atoms. The molecule has 2 aromatic carbocycles. The summed E-state index contributed by atoms with van der Waals surface area (Å²) < 4.78 is 31.4. The number of carbonyl (C=O) groups is 2. The van der Waals surface area contributed by atoms with E-state index in [9.17, 15) is 18.0 Å². The lowest BCUT2D eigenvalue weighted by atomic mass is 10.0. The van der Waals surface area contributed by atoms with E-state index in [2.05, 4.69) is 0 Å². The molecule has 0 saturated heterocycles. The third-order valence-corrected chi connectivity index (χ3v) is 6.74. The van der Waals surface area contributed by atoms with Crippen molar-refractivity contribution in [1.29, 1.82) is 0 Å². The third-order valence-electron chi connectivity index (χ3n) is 4.67. The second-order valence-corrected chi connectivity index (χ2v) is 8.78. The molecule has 0 amide bonds. The first kappa shape index (κ1) is 23.5. The molecule has 2 aromatic rings. The molecule has 6 nitrogen and oxygen atoms in total. The molecule has 7 heteroatoms. The molecule has 0 saturated carbocycles. The molecule has 0 radical (unpaired) electrons. The molecule has 0 aromatic heterocycles. The summed E-state index contributed by atoms with van der Waals surface area (Å²) in [7, 11) is -3.52. The summed E-state index contributed by atoms with van der Waals surface area (Å²) in [5, 5.41) is 0. The Labute approximate surface area is 178 Å². The number of benzene rings is 2. The van der Waals surface area contributed by atoms with Gasteiger partial charge in [0.15, 0.2) is 6.61 Å². The van der Waals surface area contributed by atoms with Crippen LogP contribution < -0.4 is 0 Å². The number of nitrogens with zero attached hydrogens (tertiary/aromatic N) is 1. The van der Waals surface area contributed by atoms with Gasteiger partial charge in [-0.25, -0.2) is 13.2 Å². The minimum absolute atomic E-state index is 0.199. The summed E-state index contributed by atoms with van der Waals surface area (Å²) in [6, 6.07) is 11.8. The SMILES string of the molecule is CCN(CC)S(=O)(=O)c1ccc(C=CC(=O)OCC(=O)c2cc(C)ccc2C)cc1. The first-order chi connectivity index (χ1) is 14.2. The zero-order valence-electron chi connectivity index (χ0n) is 17.7. The van der Waals surface area contributed by atoms with Gasteiger partial charge in [0.2, 0.25) is 15.8 Å². The first-order valence-electron chi connectivity index (χ1n) is 9.74. The second kappa shape index (κ2) is 10.3. The van der Waals surface area contributed by atoms with Crippen molar-refractivity contribution in [2.45, 2.75) is 32.6 Å². The van der Waals surface area contributed by atoms with Crippen molar-refractivity contribution in [3.05, 3.63) is 70.8 Å². The average Bonchev–Trinajstić information content (AvgIpc) is 2.73. The van der Waals surface area contributed by atoms with Crippen LogP contribution in [0.25, 0.3) is 6.08 Å². The Morgan fingerprint density at radius 2 is 1.63 bits per heavy atom. The zero-order chi connectivity index (χ0) is 22.3. The highest BCUT2D eigenvalue weighted by molar-refractivity contribution is 7.89. The van der Waals surface area contributed by atoms with Crippen molar-refractivity contribution >= 4 is 27.9 Å². The summed E-state index contributed by atoms with van der Waals surface area (Å²) in [4.78, 5) is 24.4. The minimum Gasteiger partial charge on any atom is -0.454 e. The molecule has 0 atom stereocenters. The van der Waals surface area contributed by atoms with E-state index in [0.29, 0.717) is 24.2 Å². The smallest absolute Gasteiger partial charge is 0.331 e. The van der Waals surface area contributed by atoms with Gasteiger partial charge in [-0.05, 0) is 49.2 Å². The maximum absolute atomic E-state index is 12.5. The van der Waals surface area contributed by atoms with Gasteiger partial charge in [0, 0.05) is 24.7 Å². The second-order valence-electron chi connectivity index (χ2n) is 6.84. The lowest BCUT2D eigenvalue weighted by Crippen LogP contribution is -2.30. The molecule has 0 N–H and O–H groups in total. The Hall–Kier alpha value is -2.77. The fourth-order valence-electron chi connectivity index (χ4n) is 2.93. The fraction of sp³-hybridized carbons (Fsp3) is 0.304. The zero-order valence-corrected chi connectivity index (χ0v) is 18.5. The third kappa shape index (κ3) is 5.87. The molecular weight excluding hydrogens is 402 g/mol. The number of ether oxygens (including phenoxy) is 1. The van der Waals surface area contributed by atoms with Crippen molar-refractivity contribution in [2.75, 3.05) is 19.7 Å². The van der Waals surface area contributed by atoms with Gasteiger partial charge in [-0.15, -0.1) is 0 Å². The number of Topliss-reactive ketones (excluding diaryl/α,β-unsaturated/α-hetero) is 1. The van der Waals surface area contributed by atoms with Crippen molar-refractivity contribution in [3.63, 3.8) is 0 Å². The predicted molar refractivity (Wildman–Crippen MR) is 117 cm³/mol. The first-order valence-corrected chi connectivity index (χ1v) is 11.2. The molecule has 0 spiro atoms. The quantitative estimate of drug-likeness (QED) is 0.344. The minimum atomic E-state index is -3.52. The molecule has 0 unspecified atom stereocenters. The number of esters is 1. The van der Waals surface area contributed by atoms with Crippen LogP contribution in [0.4, 0.5) is 0 Å². The molecule has 160 valence electrons. The van der Waals surface area contributed by atoms with Crippen LogP contribution in [0.3, 0.4) is 0 Å². The van der Waals surface area contributed by atoms with Crippen molar-refractivity contribution in [1.82, 2.24) is 4.31 Å². The number of aryl methyl sites for hydroxylation is 2. The summed E-state index contributed by atoms with van der Waals surface area (Å²) in [6.07, 6.45) is 2.73. The van der Waals surface area contributed by atoms with Crippen LogP contribution in [0, 0.1) is 13.8 Å². The maximum Gasteiger partial charge on any atom is 0.331 e. The number of hydrogen-bond donors (Lipinski definition) is 0. The molecule has 0 aliphatic carbocycles. The summed E-state index contributed by atoms with van der Waals surface area (Å²) in [5.74, 6) is -0.905. The van der Waals surface area contributed by atoms with E-state index in [1.54, 1.807) is 32.0 Å². The summed E-state index contributed by atoms with van der Waals surface area (Å²) >= 11 is 0. The van der Waals surface area contributed by atoms with Crippen LogP contribution in [0.15, 0.2) is 53.4 Å². The Morgan fingerprint density at radius 1 is 1.00 bits per heavy atom. The van der Waals surface area contributed by atoms with Crippen molar-refractivity contribution in [2.24, 2.45) is 0 Å². The van der Waals surface area contributed by atoms with E-state index >= 15 is 0 Å². The Bertz CT molecular complexity index is 1040. The van der Waals surface area contributed by atoms with Gasteiger partial charge in [-0.1, -0.05) is 43.7 Å². The van der Waals surface area contributed by atoms with E-state index in [1.165, 1.54) is 28.6 Å². The highest BCUT2D eigenvalue weighted by Gasteiger charge is 2.21. The molecular formula is C23H27NO5S. The average molecular weight is 430 g/mol. The van der Waals surface area contributed by atoms with E-state index in [1.807, 2.05) is 26.0 Å². The highest BCUT2D eigenvalue weighted by Crippen LogP contribution is 2.17. The maximum atomic E-state index is 12.5. The van der Waals surface area contributed by atoms with Crippen molar-refractivity contribution < 1.29 is 22.7 Å². The highest BCUT2D eigenvalue weighted by atomic mass is 32.2. The monoisotopic (exact) mass is 429 g/mol. The molecule has 0 aliphatic heterocycles. The molecule has 0 bridgehead atoms. The number of ketones is 1. The Balaban J connectivity index is 1.98. The number of carbonyl (C=O) groups excluding carboxylic acids is 2. The van der Waals surface area contributed by atoms with Crippen LogP contribution in [0.1, 0.15) is 40.9 Å². The largest absolute Gasteiger partial charge is 0.454 e. The van der Waals surface area contributed by atoms with Crippen LogP contribution in [-0.2, 0) is 19.6 Å². The van der Waals surface area contributed by atoms with Crippen molar-refractivity contribution in [3.8, 4) is 0 Å². The molecule has 0 fully saturated rings. The lowest BCUT2D eigenvalue weighted by Gasteiger charge is -2.18. The number of sulfonamides is 1. The van der Waals surface area contributed by atoms with Gasteiger partial charge in [-0.3, -0.25) is 4.79 Å². The fourth-order valence-corrected chi connectivity index (χ4v) is 4.38. The van der Waals surface area contributed by atoms with Gasteiger partial charge < -0.3 is 4.74 Å².